The largest absolute Gasteiger partial charge is 0.305 e. The summed E-state index contributed by atoms with van der Waals surface area (Å²) in [5.74, 6) is -0.263. The lowest BCUT2D eigenvalue weighted by Crippen LogP contribution is -2.38. The van der Waals surface area contributed by atoms with Crippen LogP contribution in [-0.4, -0.2) is 41.3 Å². The number of carbonyl (C=O) groups is 2. The van der Waals surface area contributed by atoms with E-state index in [0.29, 0.717) is 6.54 Å². The first-order chi connectivity index (χ1) is 8.18. The van der Waals surface area contributed by atoms with Gasteiger partial charge in [0.05, 0.1) is 12.5 Å². The van der Waals surface area contributed by atoms with Crippen LogP contribution in [0.2, 0.25) is 0 Å². The Morgan fingerprint density at radius 3 is 2.88 bits per heavy atom. The molecule has 17 heavy (non-hydrogen) atoms. The molecule has 1 unspecified atom stereocenters. The van der Waals surface area contributed by atoms with E-state index in [-0.39, 0.29) is 24.3 Å². The normalized spacial score (nSPS) is 20.1. The van der Waals surface area contributed by atoms with Crippen molar-refractivity contribution in [1.82, 2.24) is 15.2 Å². The summed E-state index contributed by atoms with van der Waals surface area (Å²) < 4.78 is 0. The lowest BCUT2D eigenvalue weighted by molar-refractivity contribution is -0.137. The Hall–Kier alpha value is -1.75. The number of carbonyl (C=O) groups excluding carboxylic acids is 2. The van der Waals surface area contributed by atoms with Crippen LogP contribution in [0.5, 0.6) is 0 Å². The van der Waals surface area contributed by atoms with Crippen LogP contribution in [-0.2, 0) is 16.0 Å². The van der Waals surface area contributed by atoms with E-state index in [9.17, 15) is 9.59 Å². The number of nitrogens with one attached hydrogen (secondary N) is 1. The molecule has 0 aliphatic carbocycles. The van der Waals surface area contributed by atoms with Gasteiger partial charge in [-0.3, -0.25) is 19.5 Å². The number of nitrogens with zero attached hydrogens (tertiary/aromatic N) is 2. The van der Waals surface area contributed by atoms with Crippen LogP contribution in [0.3, 0.4) is 0 Å². The number of aromatic nitrogens is 1. The van der Waals surface area contributed by atoms with Crippen molar-refractivity contribution in [2.75, 3.05) is 13.6 Å². The van der Waals surface area contributed by atoms with Crippen LogP contribution in [0.25, 0.3) is 0 Å². The number of pyridine rings is 1. The van der Waals surface area contributed by atoms with Crippen molar-refractivity contribution in [3.05, 3.63) is 30.1 Å². The molecule has 0 saturated carbocycles. The number of hydrogen-bond acceptors (Lipinski definition) is 4. The van der Waals surface area contributed by atoms with Gasteiger partial charge in [0.25, 0.3) is 0 Å². The fourth-order valence-electron chi connectivity index (χ4n) is 1.84. The Morgan fingerprint density at radius 2 is 2.29 bits per heavy atom. The Labute approximate surface area is 99.8 Å². The van der Waals surface area contributed by atoms with E-state index in [1.54, 1.807) is 6.20 Å². The van der Waals surface area contributed by atoms with Gasteiger partial charge in [-0.25, -0.2) is 0 Å². The lowest BCUT2D eigenvalue weighted by Gasteiger charge is -2.10. The lowest BCUT2D eigenvalue weighted by atomic mass is 10.2. The molecule has 1 atom stereocenters. The first kappa shape index (κ1) is 11.7. The molecule has 1 N–H and O–H groups in total. The maximum absolute atomic E-state index is 11.6. The highest BCUT2D eigenvalue weighted by Gasteiger charge is 2.35. The molecule has 2 rings (SSSR count). The van der Waals surface area contributed by atoms with E-state index in [1.165, 1.54) is 11.9 Å². The average Bonchev–Trinajstić information content (AvgIpc) is 2.59. The van der Waals surface area contributed by atoms with E-state index < -0.39 is 0 Å². The molecule has 0 bridgehead atoms. The highest BCUT2D eigenvalue weighted by molar-refractivity contribution is 6.05. The van der Waals surface area contributed by atoms with Gasteiger partial charge in [-0.1, -0.05) is 6.07 Å². The number of likely N-dealkylation sites (N-methyl/N-ethyl adjacent to an activating group) is 1. The second-order valence-corrected chi connectivity index (χ2v) is 4.07. The standard InChI is InChI=1S/C12H15N3O2/c1-15-11(16)8-10(12(15)17)14-7-5-9-4-2-3-6-13-9/h2-4,6,10,14H,5,7-8H2,1H3. The van der Waals surface area contributed by atoms with Crippen LogP contribution in [0.1, 0.15) is 12.1 Å². The first-order valence-electron chi connectivity index (χ1n) is 5.62. The summed E-state index contributed by atoms with van der Waals surface area (Å²) in [4.78, 5) is 28.2. The third-order valence-electron chi connectivity index (χ3n) is 2.88. The van der Waals surface area contributed by atoms with Gasteiger partial charge in [0, 0.05) is 31.9 Å². The number of hydrogen-bond donors (Lipinski definition) is 1. The maximum Gasteiger partial charge on any atom is 0.246 e. The molecule has 2 heterocycles. The van der Waals surface area contributed by atoms with Crippen molar-refractivity contribution >= 4 is 11.8 Å². The summed E-state index contributed by atoms with van der Waals surface area (Å²) in [6.07, 6.45) is 2.76. The van der Waals surface area contributed by atoms with Gasteiger partial charge in [0.2, 0.25) is 11.8 Å². The van der Waals surface area contributed by atoms with E-state index in [0.717, 1.165) is 12.1 Å². The zero-order valence-corrected chi connectivity index (χ0v) is 9.72. The van der Waals surface area contributed by atoms with Crippen molar-refractivity contribution in [1.29, 1.82) is 0 Å². The smallest absolute Gasteiger partial charge is 0.246 e. The minimum absolute atomic E-state index is 0.120. The summed E-state index contributed by atoms with van der Waals surface area (Å²) in [6, 6.07) is 5.37. The molecule has 1 aliphatic rings. The van der Waals surface area contributed by atoms with Crippen molar-refractivity contribution in [3.63, 3.8) is 0 Å². The van der Waals surface area contributed by atoms with Gasteiger partial charge in [-0.15, -0.1) is 0 Å². The van der Waals surface area contributed by atoms with Crippen LogP contribution in [0.15, 0.2) is 24.4 Å². The van der Waals surface area contributed by atoms with Gasteiger partial charge in [0.15, 0.2) is 0 Å². The molecule has 0 aromatic carbocycles. The monoisotopic (exact) mass is 233 g/mol. The quantitative estimate of drug-likeness (QED) is 0.742. The summed E-state index contributed by atoms with van der Waals surface area (Å²) in [6.45, 7) is 0.647. The Morgan fingerprint density at radius 1 is 1.47 bits per heavy atom. The molecular formula is C12H15N3O2. The predicted molar refractivity (Wildman–Crippen MR) is 62.1 cm³/mol. The molecule has 5 heteroatoms. The SMILES string of the molecule is CN1C(=O)CC(NCCc2ccccn2)C1=O. The Bertz CT molecular complexity index is 419. The van der Waals surface area contributed by atoms with E-state index in [1.807, 2.05) is 18.2 Å². The molecule has 1 saturated heterocycles. The molecule has 1 aliphatic heterocycles. The fraction of sp³-hybridized carbons (Fsp3) is 0.417. The fourth-order valence-corrected chi connectivity index (χ4v) is 1.84. The predicted octanol–water partition coefficient (Wildman–Crippen LogP) is -0.0290. The highest BCUT2D eigenvalue weighted by Crippen LogP contribution is 2.10. The molecule has 1 aromatic heterocycles. The van der Waals surface area contributed by atoms with Crippen molar-refractivity contribution in [2.24, 2.45) is 0 Å². The van der Waals surface area contributed by atoms with Crippen LogP contribution in [0, 0.1) is 0 Å². The van der Waals surface area contributed by atoms with E-state index >= 15 is 0 Å². The van der Waals surface area contributed by atoms with E-state index in [2.05, 4.69) is 10.3 Å². The second-order valence-electron chi connectivity index (χ2n) is 4.07. The first-order valence-corrected chi connectivity index (χ1v) is 5.62. The molecule has 1 aromatic rings. The molecule has 5 nitrogen and oxygen atoms in total. The zero-order valence-electron chi connectivity index (χ0n) is 9.72. The van der Waals surface area contributed by atoms with Crippen LogP contribution >= 0.6 is 0 Å². The Balaban J connectivity index is 1.80. The van der Waals surface area contributed by atoms with Gasteiger partial charge >= 0.3 is 0 Å². The second kappa shape index (κ2) is 5.05. The number of likely N-dealkylation sites (tertiary alicyclic amines) is 1. The summed E-state index contributed by atoms with van der Waals surface area (Å²) in [5.41, 5.74) is 0.977. The van der Waals surface area contributed by atoms with Crippen LogP contribution in [0.4, 0.5) is 0 Å². The van der Waals surface area contributed by atoms with Gasteiger partial charge in [-0.2, -0.15) is 0 Å². The van der Waals surface area contributed by atoms with Gasteiger partial charge in [-0.05, 0) is 12.1 Å². The van der Waals surface area contributed by atoms with E-state index in [4.69, 9.17) is 0 Å². The molecule has 2 amide bonds. The number of imide groups is 1. The highest BCUT2D eigenvalue weighted by atomic mass is 16.2. The maximum atomic E-state index is 11.6. The molecular weight excluding hydrogens is 218 g/mol. The molecule has 0 radical (unpaired) electrons. The minimum Gasteiger partial charge on any atom is -0.305 e. The molecule has 0 spiro atoms. The van der Waals surface area contributed by atoms with Gasteiger partial charge < -0.3 is 5.32 Å². The Kier molecular flexibility index (Phi) is 3.49. The summed E-state index contributed by atoms with van der Waals surface area (Å²) in [5, 5.41) is 3.09. The van der Waals surface area contributed by atoms with Gasteiger partial charge in [0.1, 0.15) is 0 Å². The third kappa shape index (κ3) is 2.68. The number of amides is 2. The van der Waals surface area contributed by atoms with Crippen molar-refractivity contribution in [2.45, 2.75) is 18.9 Å². The van der Waals surface area contributed by atoms with Crippen molar-refractivity contribution < 1.29 is 9.59 Å². The molecule has 1 fully saturated rings. The topological polar surface area (TPSA) is 62.3 Å². The van der Waals surface area contributed by atoms with Crippen molar-refractivity contribution in [3.8, 4) is 0 Å². The summed E-state index contributed by atoms with van der Waals surface area (Å²) >= 11 is 0. The van der Waals surface area contributed by atoms with Crippen LogP contribution < -0.4 is 5.32 Å². The third-order valence-corrected chi connectivity index (χ3v) is 2.88. The summed E-state index contributed by atoms with van der Waals surface area (Å²) in [7, 11) is 1.52. The average molecular weight is 233 g/mol. The molecule has 90 valence electrons. The number of rotatable bonds is 4. The minimum atomic E-state index is -0.365. The zero-order chi connectivity index (χ0) is 12.3.